The normalized spacial score (nSPS) is 19.2. The molecule has 20 heavy (non-hydrogen) atoms. The molecule has 2 N–H and O–H groups in total. The van der Waals surface area contributed by atoms with E-state index in [1.165, 1.54) is 4.90 Å². The summed E-state index contributed by atoms with van der Waals surface area (Å²) < 4.78 is 5.15. The Hall–Kier alpha value is -2.34. The van der Waals surface area contributed by atoms with E-state index in [1.807, 2.05) is 12.1 Å². The largest absolute Gasteiger partial charge is 0.480 e. The van der Waals surface area contributed by atoms with Crippen molar-refractivity contribution in [2.24, 2.45) is 0 Å². The van der Waals surface area contributed by atoms with Gasteiger partial charge >= 0.3 is 5.97 Å². The van der Waals surface area contributed by atoms with Crippen molar-refractivity contribution in [1.29, 1.82) is 0 Å². The maximum Gasteiger partial charge on any atom is 0.328 e. The number of carboxylic acids is 1. The second-order valence-corrected chi connectivity index (χ2v) is 4.67. The molecule has 2 heterocycles. The number of H-pyrrole nitrogens is 1. The molecular weight excluding hydrogens is 260 g/mol. The van der Waals surface area contributed by atoms with E-state index in [0.717, 1.165) is 10.9 Å². The predicted molar refractivity (Wildman–Crippen MR) is 71.6 cm³/mol. The summed E-state index contributed by atoms with van der Waals surface area (Å²) in [6.45, 7) is 0.680. The molecule has 6 nitrogen and oxygen atoms in total. The number of aliphatic carboxylic acids is 1. The van der Waals surface area contributed by atoms with Crippen LogP contribution in [-0.2, 0) is 9.53 Å². The number of amides is 1. The fraction of sp³-hybridized carbons (Fsp3) is 0.286. The van der Waals surface area contributed by atoms with Gasteiger partial charge in [-0.05, 0) is 18.2 Å². The lowest BCUT2D eigenvalue weighted by Gasteiger charge is -2.33. The average molecular weight is 274 g/mol. The minimum atomic E-state index is -1.04. The molecule has 1 amide bonds. The van der Waals surface area contributed by atoms with Crippen molar-refractivity contribution in [3.05, 3.63) is 36.0 Å². The monoisotopic (exact) mass is 274 g/mol. The summed E-state index contributed by atoms with van der Waals surface area (Å²) in [7, 11) is 0. The van der Waals surface area contributed by atoms with E-state index in [-0.39, 0.29) is 19.1 Å². The van der Waals surface area contributed by atoms with Gasteiger partial charge in [0.1, 0.15) is 0 Å². The van der Waals surface area contributed by atoms with Crippen LogP contribution in [0.1, 0.15) is 10.4 Å². The number of ether oxygens (including phenoxy) is 1. The number of carbonyl (C=O) groups is 2. The number of hydrogen-bond acceptors (Lipinski definition) is 3. The van der Waals surface area contributed by atoms with Gasteiger partial charge in [0, 0.05) is 29.2 Å². The van der Waals surface area contributed by atoms with Crippen LogP contribution in [0.5, 0.6) is 0 Å². The number of aromatic amines is 1. The number of rotatable bonds is 2. The highest BCUT2D eigenvalue weighted by Crippen LogP contribution is 2.21. The third kappa shape index (κ3) is 2.04. The quantitative estimate of drug-likeness (QED) is 0.859. The Bertz CT molecular complexity index is 664. The first-order valence-corrected chi connectivity index (χ1v) is 6.36. The molecule has 1 atom stereocenters. The minimum Gasteiger partial charge on any atom is -0.480 e. The number of carboxylic acid groups (broad SMARTS) is 1. The van der Waals surface area contributed by atoms with E-state index >= 15 is 0 Å². The lowest BCUT2D eigenvalue weighted by Crippen LogP contribution is -2.52. The Morgan fingerprint density at radius 2 is 2.20 bits per heavy atom. The summed E-state index contributed by atoms with van der Waals surface area (Å²) in [6.07, 6.45) is 1.76. The Balaban J connectivity index is 1.98. The molecule has 0 radical (unpaired) electrons. The Kier molecular flexibility index (Phi) is 3.15. The van der Waals surface area contributed by atoms with E-state index in [2.05, 4.69) is 4.98 Å². The van der Waals surface area contributed by atoms with Crippen LogP contribution in [0.4, 0.5) is 0 Å². The molecule has 1 aromatic carbocycles. The third-order valence-corrected chi connectivity index (χ3v) is 3.50. The Morgan fingerprint density at radius 3 is 3.00 bits per heavy atom. The van der Waals surface area contributed by atoms with Crippen LogP contribution in [0.2, 0.25) is 0 Å². The van der Waals surface area contributed by atoms with Gasteiger partial charge in [-0.3, -0.25) is 4.79 Å². The van der Waals surface area contributed by atoms with Crippen molar-refractivity contribution >= 4 is 22.8 Å². The molecular formula is C14H14N2O4. The van der Waals surface area contributed by atoms with Gasteiger partial charge in [0.05, 0.1) is 13.2 Å². The summed E-state index contributed by atoms with van der Waals surface area (Å²) in [5.74, 6) is -1.31. The van der Waals surface area contributed by atoms with Gasteiger partial charge in [-0.2, -0.15) is 0 Å². The first kappa shape index (κ1) is 12.7. The summed E-state index contributed by atoms with van der Waals surface area (Å²) in [5.41, 5.74) is 1.37. The zero-order chi connectivity index (χ0) is 14.1. The van der Waals surface area contributed by atoms with Crippen LogP contribution in [-0.4, -0.2) is 52.7 Å². The van der Waals surface area contributed by atoms with Crippen LogP contribution in [0.25, 0.3) is 10.9 Å². The molecule has 0 saturated carbocycles. The van der Waals surface area contributed by atoms with Crippen LogP contribution >= 0.6 is 0 Å². The number of nitrogens with one attached hydrogen (secondary N) is 1. The number of aromatic nitrogens is 1. The molecule has 1 aliphatic heterocycles. The second-order valence-electron chi connectivity index (χ2n) is 4.67. The van der Waals surface area contributed by atoms with Crippen molar-refractivity contribution in [1.82, 2.24) is 9.88 Å². The summed E-state index contributed by atoms with van der Waals surface area (Å²) >= 11 is 0. The number of benzene rings is 1. The molecule has 0 spiro atoms. The lowest BCUT2D eigenvalue weighted by atomic mass is 10.1. The van der Waals surface area contributed by atoms with E-state index in [1.54, 1.807) is 18.3 Å². The maximum atomic E-state index is 12.6. The van der Waals surface area contributed by atoms with Gasteiger partial charge in [0.2, 0.25) is 0 Å². The van der Waals surface area contributed by atoms with E-state index in [9.17, 15) is 14.7 Å². The first-order chi connectivity index (χ1) is 9.68. The van der Waals surface area contributed by atoms with Crippen molar-refractivity contribution in [3.8, 4) is 0 Å². The van der Waals surface area contributed by atoms with Gasteiger partial charge in [0.25, 0.3) is 5.91 Å². The summed E-state index contributed by atoms with van der Waals surface area (Å²) in [4.78, 5) is 28.3. The predicted octanol–water partition coefficient (Wildman–Crippen LogP) is 1.09. The molecule has 1 saturated heterocycles. The molecule has 2 aromatic rings. The van der Waals surface area contributed by atoms with Crippen LogP contribution in [0, 0.1) is 0 Å². The molecule has 0 aliphatic carbocycles. The summed E-state index contributed by atoms with van der Waals surface area (Å²) in [6, 6.07) is 6.26. The van der Waals surface area contributed by atoms with Crippen LogP contribution in [0.3, 0.4) is 0 Å². The van der Waals surface area contributed by atoms with Crippen molar-refractivity contribution < 1.29 is 19.4 Å². The molecule has 1 fully saturated rings. The fourth-order valence-corrected chi connectivity index (χ4v) is 2.48. The zero-order valence-corrected chi connectivity index (χ0v) is 10.7. The van der Waals surface area contributed by atoms with Gasteiger partial charge in [-0.1, -0.05) is 6.07 Å². The lowest BCUT2D eigenvalue weighted by molar-refractivity contribution is -0.147. The van der Waals surface area contributed by atoms with Crippen molar-refractivity contribution in [2.45, 2.75) is 6.04 Å². The Morgan fingerprint density at radius 1 is 1.35 bits per heavy atom. The Labute approximate surface area is 114 Å². The standard InChI is InChI=1S/C14H14N2O4/c17-13(16-6-7-20-8-12(16)14(18)19)10-2-1-3-11-9(10)4-5-15-11/h1-5,12,15H,6-8H2,(H,18,19)/t12-/m1/s1. The number of carbonyl (C=O) groups excluding carboxylic acids is 1. The summed E-state index contributed by atoms with van der Waals surface area (Å²) in [5, 5.41) is 10.00. The highest BCUT2D eigenvalue weighted by molar-refractivity contribution is 6.07. The van der Waals surface area contributed by atoms with E-state index in [0.29, 0.717) is 12.2 Å². The van der Waals surface area contributed by atoms with Crippen LogP contribution < -0.4 is 0 Å². The number of hydrogen-bond donors (Lipinski definition) is 2. The van der Waals surface area contributed by atoms with E-state index in [4.69, 9.17) is 4.74 Å². The first-order valence-electron chi connectivity index (χ1n) is 6.36. The van der Waals surface area contributed by atoms with Crippen LogP contribution in [0.15, 0.2) is 30.5 Å². The molecule has 3 rings (SSSR count). The topological polar surface area (TPSA) is 82.6 Å². The van der Waals surface area contributed by atoms with Gasteiger partial charge in [-0.25, -0.2) is 4.79 Å². The molecule has 0 unspecified atom stereocenters. The maximum absolute atomic E-state index is 12.6. The van der Waals surface area contributed by atoms with Gasteiger partial charge < -0.3 is 19.7 Å². The number of nitrogens with zero attached hydrogens (tertiary/aromatic N) is 1. The smallest absolute Gasteiger partial charge is 0.328 e. The molecule has 0 bridgehead atoms. The highest BCUT2D eigenvalue weighted by atomic mass is 16.5. The number of fused-ring (bicyclic) bond motifs is 1. The second kappa shape index (κ2) is 4.97. The molecule has 1 aliphatic rings. The van der Waals surface area contributed by atoms with E-state index < -0.39 is 12.0 Å². The molecule has 6 heteroatoms. The van der Waals surface area contributed by atoms with Crippen molar-refractivity contribution in [2.75, 3.05) is 19.8 Å². The number of morpholine rings is 1. The minimum absolute atomic E-state index is 0.0319. The highest BCUT2D eigenvalue weighted by Gasteiger charge is 2.33. The molecule has 104 valence electrons. The zero-order valence-electron chi connectivity index (χ0n) is 10.7. The fourth-order valence-electron chi connectivity index (χ4n) is 2.48. The van der Waals surface area contributed by atoms with Crippen molar-refractivity contribution in [3.63, 3.8) is 0 Å². The third-order valence-electron chi connectivity index (χ3n) is 3.50. The van der Waals surface area contributed by atoms with Gasteiger partial charge in [-0.15, -0.1) is 0 Å². The SMILES string of the molecule is O=C(O)[C@H]1COCCN1C(=O)c1cccc2[nH]ccc12. The average Bonchev–Trinajstić information content (AvgIpc) is 2.94. The van der Waals surface area contributed by atoms with Gasteiger partial charge in [0.15, 0.2) is 6.04 Å². The molecule has 1 aromatic heterocycles.